The maximum atomic E-state index is 12.6. The Morgan fingerprint density at radius 2 is 1.66 bits per heavy atom. The van der Waals surface area contributed by atoms with Gasteiger partial charge in [-0.2, -0.15) is 13.2 Å². The Kier molecular flexibility index (Phi) is 6.45. The van der Waals surface area contributed by atoms with Crippen LogP contribution in [0.5, 0.6) is 0 Å². The van der Waals surface area contributed by atoms with Gasteiger partial charge in [0.25, 0.3) is 11.6 Å². The number of non-ortho nitro benzene ring substituents is 1. The van der Waals surface area contributed by atoms with E-state index in [4.69, 9.17) is 4.42 Å². The van der Waals surface area contributed by atoms with Gasteiger partial charge in [-0.1, -0.05) is 12.1 Å². The van der Waals surface area contributed by atoms with E-state index in [1.54, 1.807) is 36.4 Å². The van der Waals surface area contributed by atoms with Gasteiger partial charge in [0, 0.05) is 55.2 Å². The van der Waals surface area contributed by atoms with Crippen LogP contribution in [-0.4, -0.2) is 54.0 Å². The van der Waals surface area contributed by atoms with E-state index >= 15 is 0 Å². The summed E-state index contributed by atoms with van der Waals surface area (Å²) in [5.41, 5.74) is 1.57. The number of hydrogen-bond donors (Lipinski definition) is 1. The summed E-state index contributed by atoms with van der Waals surface area (Å²) in [6.45, 7) is 0.422. The third-order valence-corrected chi connectivity index (χ3v) is 5.47. The Balaban J connectivity index is 1.36. The Hall–Kier alpha value is -4.35. The summed E-state index contributed by atoms with van der Waals surface area (Å²) >= 11 is 0. The minimum Gasteiger partial charge on any atom is -0.451 e. The zero-order valence-corrected chi connectivity index (χ0v) is 18.1. The summed E-state index contributed by atoms with van der Waals surface area (Å²) in [6.07, 6.45) is -4.88. The topological polar surface area (TPSA) is 109 Å². The summed E-state index contributed by atoms with van der Waals surface area (Å²) in [5.74, 6) is -2.03. The first kappa shape index (κ1) is 23.8. The number of carbonyl (C=O) groups excluding carboxylic acids is 2. The molecule has 0 unspecified atom stereocenters. The maximum absolute atomic E-state index is 12.6. The molecule has 1 aliphatic rings. The largest absolute Gasteiger partial charge is 0.471 e. The van der Waals surface area contributed by atoms with E-state index in [1.807, 2.05) is 4.90 Å². The van der Waals surface area contributed by atoms with Crippen LogP contribution in [0.15, 0.2) is 65.1 Å². The summed E-state index contributed by atoms with van der Waals surface area (Å²) in [6, 6.07) is 15.6. The van der Waals surface area contributed by atoms with Crippen molar-refractivity contribution < 1.29 is 32.1 Å². The highest BCUT2D eigenvalue weighted by molar-refractivity contribution is 6.02. The van der Waals surface area contributed by atoms with Crippen LogP contribution in [0.25, 0.3) is 11.3 Å². The third-order valence-electron chi connectivity index (χ3n) is 5.47. The molecule has 1 N–H and O–H groups in total. The Morgan fingerprint density at radius 3 is 2.29 bits per heavy atom. The molecule has 3 aromatic rings. The number of carbonyl (C=O) groups is 2. The zero-order chi connectivity index (χ0) is 25.2. The van der Waals surface area contributed by atoms with Gasteiger partial charge in [0.1, 0.15) is 5.76 Å². The molecule has 4 rings (SSSR count). The average Bonchev–Trinajstić information content (AvgIpc) is 3.34. The van der Waals surface area contributed by atoms with Crippen LogP contribution < -0.4 is 10.2 Å². The van der Waals surface area contributed by atoms with Gasteiger partial charge in [-0.3, -0.25) is 19.7 Å². The molecule has 0 saturated carbocycles. The molecule has 2 amide bonds. The fraction of sp³-hybridized carbons (Fsp3) is 0.217. The van der Waals surface area contributed by atoms with Crippen LogP contribution in [0, 0.1) is 10.1 Å². The zero-order valence-electron chi connectivity index (χ0n) is 18.1. The van der Waals surface area contributed by atoms with Crippen molar-refractivity contribution in [1.82, 2.24) is 4.90 Å². The van der Waals surface area contributed by atoms with Gasteiger partial charge in [-0.25, -0.2) is 0 Å². The molecule has 9 nitrogen and oxygen atoms in total. The molecule has 0 spiro atoms. The van der Waals surface area contributed by atoms with Crippen molar-refractivity contribution in [2.24, 2.45) is 0 Å². The first-order valence-corrected chi connectivity index (χ1v) is 10.5. The van der Waals surface area contributed by atoms with Gasteiger partial charge in [-0.05, 0) is 36.4 Å². The van der Waals surface area contributed by atoms with E-state index in [0.29, 0.717) is 17.0 Å². The first-order valence-electron chi connectivity index (χ1n) is 10.5. The van der Waals surface area contributed by atoms with Crippen molar-refractivity contribution in [3.05, 3.63) is 76.5 Å². The number of furan rings is 1. The van der Waals surface area contributed by atoms with E-state index in [9.17, 15) is 32.9 Å². The fourth-order valence-corrected chi connectivity index (χ4v) is 3.68. The van der Waals surface area contributed by atoms with Crippen LogP contribution in [0.3, 0.4) is 0 Å². The number of nitrogens with one attached hydrogen (secondary N) is 1. The van der Waals surface area contributed by atoms with Crippen molar-refractivity contribution >= 4 is 28.9 Å². The first-order chi connectivity index (χ1) is 16.6. The standard InChI is InChI=1S/C23H19F3N4O5/c24-23(25,26)22(32)29-12-10-28(11-13-29)17-6-4-16(5-7-17)27-21(31)20-9-8-19(35-20)15-2-1-3-18(14-15)30(33)34/h1-9,14H,10-13H2,(H,27,31). The number of alkyl halides is 3. The van der Waals surface area contributed by atoms with Crippen molar-refractivity contribution in [2.45, 2.75) is 6.18 Å². The number of piperazine rings is 1. The number of benzene rings is 2. The van der Waals surface area contributed by atoms with E-state index in [0.717, 1.165) is 10.6 Å². The van der Waals surface area contributed by atoms with Crippen LogP contribution in [0.4, 0.5) is 30.2 Å². The monoisotopic (exact) mass is 488 g/mol. The van der Waals surface area contributed by atoms with E-state index in [1.165, 1.54) is 24.3 Å². The molecule has 0 aliphatic carbocycles. The molecular weight excluding hydrogens is 469 g/mol. The number of halogens is 3. The quantitative estimate of drug-likeness (QED) is 0.423. The average molecular weight is 488 g/mol. The molecule has 0 bridgehead atoms. The van der Waals surface area contributed by atoms with Crippen molar-refractivity contribution in [1.29, 1.82) is 0 Å². The SMILES string of the molecule is O=C(Nc1ccc(N2CCN(C(=O)C(F)(F)F)CC2)cc1)c1ccc(-c2cccc([N+](=O)[O-])c2)o1. The summed E-state index contributed by atoms with van der Waals surface area (Å²) in [7, 11) is 0. The molecule has 1 aromatic heterocycles. The van der Waals surface area contributed by atoms with Gasteiger partial charge in [0.2, 0.25) is 0 Å². The van der Waals surface area contributed by atoms with Crippen LogP contribution >= 0.6 is 0 Å². The van der Waals surface area contributed by atoms with Crippen LogP contribution in [0.2, 0.25) is 0 Å². The minimum atomic E-state index is -4.88. The lowest BCUT2D eigenvalue weighted by Crippen LogP contribution is -2.52. The predicted molar refractivity (Wildman–Crippen MR) is 120 cm³/mol. The Morgan fingerprint density at radius 1 is 0.971 bits per heavy atom. The number of hydrogen-bond acceptors (Lipinski definition) is 6. The molecule has 1 aliphatic heterocycles. The molecule has 2 aromatic carbocycles. The van der Waals surface area contributed by atoms with Gasteiger partial charge in [-0.15, -0.1) is 0 Å². The van der Waals surface area contributed by atoms with Crippen LogP contribution in [-0.2, 0) is 4.79 Å². The number of nitrogens with zero attached hydrogens (tertiary/aromatic N) is 3. The third kappa shape index (κ3) is 5.42. The molecule has 182 valence electrons. The van der Waals surface area contributed by atoms with Gasteiger partial charge in [0.05, 0.1) is 4.92 Å². The second-order valence-corrected chi connectivity index (χ2v) is 7.75. The summed E-state index contributed by atoms with van der Waals surface area (Å²) in [4.78, 5) is 37.0. The van der Waals surface area contributed by atoms with Crippen molar-refractivity contribution in [2.75, 3.05) is 36.4 Å². The molecule has 12 heteroatoms. The van der Waals surface area contributed by atoms with Crippen LogP contribution in [0.1, 0.15) is 10.6 Å². The normalized spacial score (nSPS) is 14.0. The Labute approximate surface area is 196 Å². The van der Waals surface area contributed by atoms with Gasteiger partial charge in [0.15, 0.2) is 5.76 Å². The Bertz CT molecular complexity index is 1250. The molecular formula is C23H19F3N4O5. The van der Waals surface area contributed by atoms with Gasteiger partial charge >= 0.3 is 12.1 Å². The van der Waals surface area contributed by atoms with Gasteiger partial charge < -0.3 is 19.5 Å². The molecule has 35 heavy (non-hydrogen) atoms. The molecule has 1 fully saturated rings. The van der Waals surface area contributed by atoms with Crippen molar-refractivity contribution in [3.63, 3.8) is 0 Å². The molecule has 1 saturated heterocycles. The number of nitro benzene ring substituents is 1. The number of rotatable bonds is 5. The van der Waals surface area contributed by atoms with E-state index in [-0.39, 0.29) is 37.6 Å². The second kappa shape index (κ2) is 9.49. The molecule has 2 heterocycles. The highest BCUT2D eigenvalue weighted by Crippen LogP contribution is 2.27. The smallest absolute Gasteiger partial charge is 0.451 e. The highest BCUT2D eigenvalue weighted by Gasteiger charge is 2.43. The molecule has 0 atom stereocenters. The second-order valence-electron chi connectivity index (χ2n) is 7.75. The number of amides is 2. The summed E-state index contributed by atoms with van der Waals surface area (Å²) in [5, 5.41) is 13.6. The fourth-order valence-electron chi connectivity index (χ4n) is 3.68. The maximum Gasteiger partial charge on any atom is 0.471 e. The number of nitro groups is 1. The molecule has 0 radical (unpaired) electrons. The minimum absolute atomic E-state index is 0.0148. The van der Waals surface area contributed by atoms with E-state index < -0.39 is 22.9 Å². The lowest BCUT2D eigenvalue weighted by Gasteiger charge is -2.36. The summed E-state index contributed by atoms with van der Waals surface area (Å²) < 4.78 is 43.3. The predicted octanol–water partition coefficient (Wildman–Crippen LogP) is 4.32. The van der Waals surface area contributed by atoms with E-state index in [2.05, 4.69) is 5.32 Å². The lowest BCUT2D eigenvalue weighted by molar-refractivity contribution is -0.384. The highest BCUT2D eigenvalue weighted by atomic mass is 19.4. The van der Waals surface area contributed by atoms with Crippen molar-refractivity contribution in [3.8, 4) is 11.3 Å². The lowest BCUT2D eigenvalue weighted by atomic mass is 10.1. The number of anilines is 2.